The largest absolute Gasteiger partial charge is 0.317 e. The maximum Gasteiger partial charge on any atom is 0.234 e. The maximum absolute atomic E-state index is 11.6. The molecule has 1 heterocycles. The minimum Gasteiger partial charge on any atom is -0.317 e. The number of anilines is 1. The molecule has 0 aliphatic heterocycles. The summed E-state index contributed by atoms with van der Waals surface area (Å²) in [7, 11) is -3.22. The molecule has 0 aromatic carbocycles. The van der Waals surface area contributed by atoms with Gasteiger partial charge in [-0.25, -0.2) is 13.4 Å². The van der Waals surface area contributed by atoms with Crippen LogP contribution in [0.25, 0.3) is 0 Å². The first-order chi connectivity index (χ1) is 7.64. The summed E-state index contributed by atoms with van der Waals surface area (Å²) in [5.41, 5.74) is 0. The first-order valence-electron chi connectivity index (χ1n) is 5.25. The van der Waals surface area contributed by atoms with E-state index in [-0.39, 0.29) is 5.75 Å². The summed E-state index contributed by atoms with van der Waals surface area (Å²) in [4.78, 5) is 3.87. The van der Waals surface area contributed by atoms with Crippen LogP contribution in [0, 0.1) is 0 Å². The third kappa shape index (κ3) is 5.43. The van der Waals surface area contributed by atoms with Crippen LogP contribution in [0.1, 0.15) is 19.8 Å². The van der Waals surface area contributed by atoms with Crippen LogP contribution in [-0.2, 0) is 10.0 Å². The number of nitrogens with zero attached hydrogens (tertiary/aromatic N) is 1. The predicted octanol–water partition coefficient (Wildman–Crippen LogP) is 1.27. The molecule has 2 N–H and O–H groups in total. The lowest BCUT2D eigenvalue weighted by Crippen LogP contribution is -2.19. The van der Waals surface area contributed by atoms with Crippen LogP contribution in [0.15, 0.2) is 11.6 Å². The van der Waals surface area contributed by atoms with Crippen molar-refractivity contribution in [2.75, 3.05) is 23.6 Å². The Labute approximate surface area is 100 Å². The summed E-state index contributed by atoms with van der Waals surface area (Å²) < 4.78 is 25.6. The van der Waals surface area contributed by atoms with E-state index in [1.807, 2.05) is 6.92 Å². The fourth-order valence-corrected chi connectivity index (χ4v) is 3.13. The highest BCUT2D eigenvalue weighted by atomic mass is 32.2. The molecule has 5 nitrogen and oxygen atoms in total. The highest BCUT2D eigenvalue weighted by Gasteiger charge is 2.10. The van der Waals surface area contributed by atoms with Crippen molar-refractivity contribution in [3.8, 4) is 0 Å². The highest BCUT2D eigenvalue weighted by molar-refractivity contribution is 7.92. The molecule has 16 heavy (non-hydrogen) atoms. The van der Waals surface area contributed by atoms with Crippen molar-refractivity contribution >= 4 is 26.5 Å². The fourth-order valence-electron chi connectivity index (χ4n) is 1.18. The third-order valence-corrected chi connectivity index (χ3v) is 4.09. The quantitative estimate of drug-likeness (QED) is 0.693. The van der Waals surface area contributed by atoms with Gasteiger partial charge >= 0.3 is 0 Å². The van der Waals surface area contributed by atoms with Crippen LogP contribution >= 0.6 is 11.3 Å². The molecular formula is C9H17N3O2S2. The highest BCUT2D eigenvalue weighted by Crippen LogP contribution is 2.12. The van der Waals surface area contributed by atoms with Gasteiger partial charge in [0.2, 0.25) is 10.0 Å². The SMILES string of the molecule is CCNCCCCS(=O)(=O)Nc1nccs1. The van der Waals surface area contributed by atoms with Gasteiger partial charge in [0.15, 0.2) is 5.13 Å². The number of thiazole rings is 1. The first-order valence-corrected chi connectivity index (χ1v) is 7.78. The lowest BCUT2D eigenvalue weighted by molar-refractivity contribution is 0.593. The molecule has 0 unspecified atom stereocenters. The summed E-state index contributed by atoms with van der Waals surface area (Å²) in [5, 5.41) is 5.33. The van der Waals surface area contributed by atoms with E-state index in [0.29, 0.717) is 11.6 Å². The molecule has 0 amide bonds. The molecule has 0 saturated carbocycles. The summed E-state index contributed by atoms with van der Waals surface area (Å²) in [6.07, 6.45) is 3.11. The smallest absolute Gasteiger partial charge is 0.234 e. The zero-order chi connectivity index (χ0) is 11.9. The topological polar surface area (TPSA) is 71.1 Å². The van der Waals surface area contributed by atoms with Crippen molar-refractivity contribution in [1.82, 2.24) is 10.3 Å². The van der Waals surface area contributed by atoms with Gasteiger partial charge in [0, 0.05) is 11.6 Å². The van der Waals surface area contributed by atoms with Crippen molar-refractivity contribution in [1.29, 1.82) is 0 Å². The van der Waals surface area contributed by atoms with Crippen LogP contribution in [0.2, 0.25) is 0 Å². The Morgan fingerprint density at radius 2 is 2.25 bits per heavy atom. The second-order valence-corrected chi connectivity index (χ2v) is 6.06. The van der Waals surface area contributed by atoms with Crippen molar-refractivity contribution in [2.45, 2.75) is 19.8 Å². The van der Waals surface area contributed by atoms with Gasteiger partial charge in [-0.2, -0.15) is 0 Å². The molecule has 1 aromatic heterocycles. The van der Waals surface area contributed by atoms with E-state index in [9.17, 15) is 8.42 Å². The predicted molar refractivity (Wildman–Crippen MR) is 67.3 cm³/mol. The Hall–Kier alpha value is -0.660. The Balaban J connectivity index is 2.24. The van der Waals surface area contributed by atoms with Crippen LogP contribution in [0.3, 0.4) is 0 Å². The number of nitrogens with one attached hydrogen (secondary N) is 2. The van der Waals surface area contributed by atoms with Crippen LogP contribution < -0.4 is 10.0 Å². The molecule has 0 aliphatic carbocycles. The van der Waals surface area contributed by atoms with E-state index in [1.54, 1.807) is 11.6 Å². The summed E-state index contributed by atoms with van der Waals surface area (Å²) in [6.45, 7) is 3.81. The second-order valence-electron chi connectivity index (χ2n) is 3.32. The van der Waals surface area contributed by atoms with E-state index in [2.05, 4.69) is 15.0 Å². The van der Waals surface area contributed by atoms with Crippen molar-refractivity contribution in [3.63, 3.8) is 0 Å². The number of rotatable bonds is 8. The number of sulfonamides is 1. The van der Waals surface area contributed by atoms with Gasteiger partial charge in [0.1, 0.15) is 0 Å². The van der Waals surface area contributed by atoms with Crippen molar-refractivity contribution in [2.24, 2.45) is 0 Å². The molecule has 0 fully saturated rings. The summed E-state index contributed by atoms with van der Waals surface area (Å²) in [5.74, 6) is 0.151. The van der Waals surface area contributed by atoms with Crippen LogP contribution in [0.4, 0.5) is 5.13 Å². The van der Waals surface area contributed by atoms with Gasteiger partial charge in [0.25, 0.3) is 0 Å². The monoisotopic (exact) mass is 263 g/mol. The van der Waals surface area contributed by atoms with Crippen molar-refractivity contribution < 1.29 is 8.42 Å². The molecular weight excluding hydrogens is 246 g/mol. The molecule has 0 bridgehead atoms. The maximum atomic E-state index is 11.6. The minimum atomic E-state index is -3.22. The van der Waals surface area contributed by atoms with Gasteiger partial charge in [-0.3, -0.25) is 4.72 Å². The molecule has 0 saturated heterocycles. The van der Waals surface area contributed by atoms with Crippen molar-refractivity contribution in [3.05, 3.63) is 11.6 Å². The zero-order valence-electron chi connectivity index (χ0n) is 9.27. The normalized spacial score (nSPS) is 11.6. The Morgan fingerprint density at radius 3 is 2.88 bits per heavy atom. The third-order valence-electron chi connectivity index (χ3n) is 1.94. The van der Waals surface area contributed by atoms with Gasteiger partial charge < -0.3 is 5.32 Å². The number of hydrogen-bond donors (Lipinski definition) is 2. The molecule has 1 aromatic rings. The number of unbranched alkanes of at least 4 members (excludes halogenated alkanes) is 1. The lowest BCUT2D eigenvalue weighted by Gasteiger charge is -2.05. The Bertz CT molecular complexity index is 375. The van der Waals surface area contributed by atoms with Gasteiger partial charge in [-0.15, -0.1) is 11.3 Å². The first kappa shape index (κ1) is 13.4. The van der Waals surface area contributed by atoms with Gasteiger partial charge in [0.05, 0.1) is 5.75 Å². The van der Waals surface area contributed by atoms with Crippen LogP contribution in [-0.4, -0.2) is 32.2 Å². The average molecular weight is 263 g/mol. The minimum absolute atomic E-state index is 0.151. The number of hydrogen-bond acceptors (Lipinski definition) is 5. The number of aromatic nitrogens is 1. The van der Waals surface area contributed by atoms with E-state index >= 15 is 0 Å². The Kier molecular flexibility index (Phi) is 5.72. The van der Waals surface area contributed by atoms with E-state index in [1.165, 1.54) is 11.3 Å². The molecule has 0 aliphatic rings. The van der Waals surface area contributed by atoms with E-state index < -0.39 is 10.0 Å². The lowest BCUT2D eigenvalue weighted by atomic mass is 10.3. The fraction of sp³-hybridized carbons (Fsp3) is 0.667. The molecule has 0 atom stereocenters. The molecule has 7 heteroatoms. The van der Waals surface area contributed by atoms with E-state index in [0.717, 1.165) is 19.5 Å². The van der Waals surface area contributed by atoms with Gasteiger partial charge in [-0.1, -0.05) is 6.92 Å². The molecule has 92 valence electrons. The molecule has 1 rings (SSSR count). The second kappa shape index (κ2) is 6.82. The van der Waals surface area contributed by atoms with E-state index in [4.69, 9.17) is 0 Å². The summed E-state index contributed by atoms with van der Waals surface area (Å²) in [6, 6.07) is 0. The standard InChI is InChI=1S/C9H17N3O2S2/c1-2-10-5-3-4-8-16(13,14)12-9-11-6-7-15-9/h6-7,10H,2-5,8H2,1H3,(H,11,12). The Morgan fingerprint density at radius 1 is 1.44 bits per heavy atom. The molecule has 0 spiro atoms. The van der Waals surface area contributed by atoms with Gasteiger partial charge in [-0.05, 0) is 25.9 Å². The zero-order valence-corrected chi connectivity index (χ0v) is 10.9. The molecule has 0 radical (unpaired) electrons. The van der Waals surface area contributed by atoms with Crippen LogP contribution in [0.5, 0.6) is 0 Å². The summed E-state index contributed by atoms with van der Waals surface area (Å²) >= 11 is 1.28. The average Bonchev–Trinajstić information content (AvgIpc) is 2.69.